The van der Waals surface area contributed by atoms with Gasteiger partial charge in [0.1, 0.15) is 11.5 Å². The molecule has 2 fully saturated rings. The zero-order valence-corrected chi connectivity index (χ0v) is 17.8. The molecule has 8 nitrogen and oxygen atoms in total. The number of carboxylic acid groups (broad SMARTS) is 1. The molecule has 3 atom stereocenters. The number of aryl methyl sites for hydroxylation is 1. The number of rotatable bonds is 4. The fraction of sp³-hybridized carbons (Fsp3) is 0.524. The predicted molar refractivity (Wildman–Crippen MR) is 107 cm³/mol. The van der Waals surface area contributed by atoms with Crippen LogP contribution >= 0.6 is 0 Å². The Morgan fingerprint density at radius 3 is 2.50 bits per heavy atom. The van der Waals surface area contributed by atoms with E-state index in [1.54, 1.807) is 13.4 Å². The molecule has 2 aromatic heterocycles. The van der Waals surface area contributed by atoms with Crippen LogP contribution in [0, 0.1) is 5.92 Å². The van der Waals surface area contributed by atoms with Crippen molar-refractivity contribution >= 4 is 11.9 Å². The molecule has 4 rings (SSSR count). The summed E-state index contributed by atoms with van der Waals surface area (Å²) < 4.78 is 44.9. The molecule has 0 unspecified atom stereocenters. The van der Waals surface area contributed by atoms with Crippen LogP contribution in [0.5, 0.6) is 0 Å². The maximum atomic E-state index is 13.1. The number of amides is 1. The third-order valence-electron chi connectivity index (χ3n) is 5.87. The molecule has 1 amide bonds. The van der Waals surface area contributed by atoms with Crippen molar-refractivity contribution in [2.24, 2.45) is 13.0 Å². The monoisotopic (exact) mass is 457 g/mol. The third-order valence-corrected chi connectivity index (χ3v) is 5.87. The van der Waals surface area contributed by atoms with Crippen molar-refractivity contribution < 1.29 is 37.0 Å². The maximum absolute atomic E-state index is 13.1. The Labute approximate surface area is 183 Å². The molecule has 1 N–H and O–H groups in total. The van der Waals surface area contributed by atoms with Crippen LogP contribution in [0.1, 0.15) is 22.7 Å². The summed E-state index contributed by atoms with van der Waals surface area (Å²) in [5, 5.41) is 7.12. The van der Waals surface area contributed by atoms with Crippen LogP contribution in [-0.4, -0.2) is 76.4 Å². The summed E-state index contributed by atoms with van der Waals surface area (Å²) in [6.07, 6.45) is -0.349. The lowest BCUT2D eigenvalue weighted by molar-refractivity contribution is -0.192. The highest BCUT2D eigenvalue weighted by Crippen LogP contribution is 2.34. The second-order valence-electron chi connectivity index (χ2n) is 7.87. The number of carbonyl (C=O) groups excluding carboxylic acids is 1. The molecular formula is C21H26F3N3O5. The van der Waals surface area contributed by atoms with Gasteiger partial charge in [-0.2, -0.15) is 13.2 Å². The van der Waals surface area contributed by atoms with E-state index in [9.17, 15) is 18.0 Å². The van der Waals surface area contributed by atoms with E-state index in [1.807, 2.05) is 42.1 Å². The Balaban J connectivity index is 0.000000360. The Morgan fingerprint density at radius 1 is 1.25 bits per heavy atom. The first-order chi connectivity index (χ1) is 15.1. The van der Waals surface area contributed by atoms with E-state index < -0.39 is 12.1 Å². The number of carboxylic acids is 1. The molecular weight excluding hydrogens is 431 g/mol. The summed E-state index contributed by atoms with van der Waals surface area (Å²) in [5.74, 6) is -1.32. The van der Waals surface area contributed by atoms with Crippen LogP contribution in [0.15, 0.2) is 41.1 Å². The van der Waals surface area contributed by atoms with Crippen LogP contribution in [0.2, 0.25) is 0 Å². The largest absolute Gasteiger partial charge is 0.490 e. The van der Waals surface area contributed by atoms with E-state index >= 15 is 0 Å². The highest BCUT2D eigenvalue weighted by molar-refractivity contribution is 5.93. The van der Waals surface area contributed by atoms with Gasteiger partial charge in [-0.15, -0.1) is 0 Å². The number of aromatic nitrogens is 1. The Kier molecular flexibility index (Phi) is 7.29. The molecule has 11 heteroatoms. The van der Waals surface area contributed by atoms with Gasteiger partial charge >= 0.3 is 12.1 Å². The van der Waals surface area contributed by atoms with E-state index in [2.05, 4.69) is 9.80 Å². The second kappa shape index (κ2) is 9.78. The average molecular weight is 457 g/mol. The Hall–Kier alpha value is -2.79. The molecule has 0 aliphatic carbocycles. The van der Waals surface area contributed by atoms with E-state index in [-0.39, 0.29) is 18.1 Å². The summed E-state index contributed by atoms with van der Waals surface area (Å²) in [6, 6.07) is 7.93. The molecule has 2 aliphatic rings. The van der Waals surface area contributed by atoms with E-state index in [4.69, 9.17) is 19.1 Å². The van der Waals surface area contributed by atoms with Crippen molar-refractivity contribution in [3.05, 3.63) is 48.2 Å². The number of carbonyl (C=O) groups is 2. The molecule has 0 aromatic carbocycles. The first kappa shape index (κ1) is 23.9. The summed E-state index contributed by atoms with van der Waals surface area (Å²) >= 11 is 0. The highest BCUT2D eigenvalue weighted by Gasteiger charge is 2.46. The lowest BCUT2D eigenvalue weighted by atomic mass is 9.88. The number of furan rings is 1. The van der Waals surface area contributed by atoms with Crippen molar-refractivity contribution in [1.29, 1.82) is 0 Å². The van der Waals surface area contributed by atoms with E-state index in [0.717, 1.165) is 44.1 Å². The van der Waals surface area contributed by atoms with Gasteiger partial charge in [-0.1, -0.05) is 0 Å². The summed E-state index contributed by atoms with van der Waals surface area (Å²) in [5.41, 5.74) is 0.749. The fourth-order valence-corrected chi connectivity index (χ4v) is 4.36. The maximum Gasteiger partial charge on any atom is 0.490 e. The normalized spacial score (nSPS) is 23.4. The van der Waals surface area contributed by atoms with Gasteiger partial charge < -0.3 is 23.7 Å². The number of likely N-dealkylation sites (tertiary alicyclic amines) is 2. The van der Waals surface area contributed by atoms with E-state index in [1.165, 1.54) is 0 Å². The van der Waals surface area contributed by atoms with Crippen LogP contribution in [0.4, 0.5) is 13.2 Å². The van der Waals surface area contributed by atoms with Crippen LogP contribution in [0.25, 0.3) is 0 Å². The quantitative estimate of drug-likeness (QED) is 0.760. The number of methoxy groups -OCH3 is 1. The molecule has 0 spiro atoms. The number of ether oxygens (including phenoxy) is 1. The van der Waals surface area contributed by atoms with Crippen molar-refractivity contribution in [3.63, 3.8) is 0 Å². The minimum Gasteiger partial charge on any atom is -0.475 e. The highest BCUT2D eigenvalue weighted by atomic mass is 19.4. The number of hydrogen-bond acceptors (Lipinski definition) is 5. The number of halogens is 3. The fourth-order valence-electron chi connectivity index (χ4n) is 4.36. The molecule has 4 heterocycles. The molecule has 0 saturated carbocycles. The zero-order chi connectivity index (χ0) is 23.5. The first-order valence-corrected chi connectivity index (χ1v) is 10.1. The van der Waals surface area contributed by atoms with Crippen molar-refractivity contribution in [1.82, 2.24) is 14.4 Å². The standard InChI is InChI=1S/C19H25N3O3.C2HF3O2/c1-20-8-3-6-16(20)19(23)22-9-7-18(24-2)15-12-21(13-17(15)22)11-14-5-4-10-25-14;3-2(4,5)1(6)7/h3-6,8,10,15,17-18H,7,9,11-13H2,1-2H3;(H,6,7)/t15-,17+,18+;/m0./s1. The SMILES string of the molecule is CO[C@@H]1CCN(C(=O)c2cccn2C)[C@@H]2CN(Cc3ccco3)C[C@@H]21.O=C(O)C(F)(F)F. The first-order valence-electron chi connectivity index (χ1n) is 10.1. The molecule has 0 bridgehead atoms. The van der Waals surface area contributed by atoms with Crippen molar-refractivity contribution in [3.8, 4) is 0 Å². The summed E-state index contributed by atoms with van der Waals surface area (Å²) in [6.45, 7) is 3.32. The Bertz CT molecular complexity index is 912. The van der Waals surface area contributed by atoms with Gasteiger partial charge in [0.15, 0.2) is 0 Å². The minimum atomic E-state index is -5.08. The minimum absolute atomic E-state index is 0.122. The summed E-state index contributed by atoms with van der Waals surface area (Å²) in [7, 11) is 3.70. The van der Waals surface area contributed by atoms with Crippen LogP contribution in [-0.2, 0) is 23.1 Å². The topological polar surface area (TPSA) is 88.2 Å². The number of piperidine rings is 1. The number of nitrogens with zero attached hydrogens (tertiary/aromatic N) is 3. The van der Waals surface area contributed by atoms with E-state index in [0.29, 0.717) is 5.92 Å². The second-order valence-corrected chi connectivity index (χ2v) is 7.87. The number of aliphatic carboxylic acids is 1. The lowest BCUT2D eigenvalue weighted by Gasteiger charge is -2.41. The summed E-state index contributed by atoms with van der Waals surface area (Å²) in [4.78, 5) is 26.4. The van der Waals surface area contributed by atoms with Gasteiger partial charge in [0.2, 0.25) is 0 Å². The van der Waals surface area contributed by atoms with Gasteiger partial charge in [0.05, 0.1) is 25.0 Å². The number of alkyl halides is 3. The lowest BCUT2D eigenvalue weighted by Crippen LogP contribution is -2.53. The molecule has 2 aromatic rings. The van der Waals surface area contributed by atoms with Gasteiger partial charge in [-0.25, -0.2) is 4.79 Å². The van der Waals surface area contributed by atoms with Gasteiger partial charge in [0, 0.05) is 45.9 Å². The van der Waals surface area contributed by atoms with Crippen LogP contribution in [0.3, 0.4) is 0 Å². The molecule has 176 valence electrons. The van der Waals surface area contributed by atoms with Gasteiger partial charge in [-0.3, -0.25) is 9.69 Å². The number of hydrogen-bond donors (Lipinski definition) is 1. The van der Waals surface area contributed by atoms with Crippen LogP contribution < -0.4 is 0 Å². The van der Waals surface area contributed by atoms with Crippen molar-refractivity contribution in [2.45, 2.75) is 31.3 Å². The predicted octanol–water partition coefficient (Wildman–Crippen LogP) is 2.61. The average Bonchev–Trinajstić information content (AvgIpc) is 3.47. The van der Waals surface area contributed by atoms with Gasteiger partial charge in [-0.05, 0) is 30.7 Å². The van der Waals surface area contributed by atoms with Crippen molar-refractivity contribution in [2.75, 3.05) is 26.7 Å². The zero-order valence-electron chi connectivity index (χ0n) is 17.8. The smallest absolute Gasteiger partial charge is 0.475 e. The molecule has 2 aliphatic heterocycles. The molecule has 2 saturated heterocycles. The van der Waals surface area contributed by atoms with Gasteiger partial charge in [0.25, 0.3) is 5.91 Å². The molecule has 0 radical (unpaired) electrons. The number of fused-ring (bicyclic) bond motifs is 1. The Morgan fingerprint density at radius 2 is 1.97 bits per heavy atom. The third kappa shape index (κ3) is 5.33. The molecule has 32 heavy (non-hydrogen) atoms.